The lowest BCUT2D eigenvalue weighted by Gasteiger charge is -2.31. The fraction of sp³-hybridized carbons (Fsp3) is 0.650. The lowest BCUT2D eigenvalue weighted by molar-refractivity contribution is 0.0740. The van der Waals surface area contributed by atoms with Crippen molar-refractivity contribution in [2.45, 2.75) is 19.3 Å². The standard InChI is InChI=1S/C20H31BrN4O3S/c21-19-6-4-18(5-7-19)20(26)24(15-14-23-10-2-1-3-11-23)16-17-29(27,28)25-12-8-22-9-13-25/h4-7,22H,1-3,8-17H2. The van der Waals surface area contributed by atoms with Crippen molar-refractivity contribution in [3.8, 4) is 0 Å². The van der Waals surface area contributed by atoms with Crippen molar-refractivity contribution in [2.24, 2.45) is 0 Å². The number of carbonyl (C=O) groups excluding carboxylic acids is 1. The molecular formula is C20H31BrN4O3S. The molecule has 0 aromatic heterocycles. The molecule has 2 saturated heterocycles. The van der Waals surface area contributed by atoms with Gasteiger partial charge in [0.15, 0.2) is 0 Å². The van der Waals surface area contributed by atoms with E-state index < -0.39 is 10.0 Å². The van der Waals surface area contributed by atoms with Gasteiger partial charge < -0.3 is 15.1 Å². The van der Waals surface area contributed by atoms with Crippen LogP contribution in [0.3, 0.4) is 0 Å². The third-order valence-electron chi connectivity index (χ3n) is 5.60. The Morgan fingerprint density at radius 2 is 1.66 bits per heavy atom. The number of halogens is 1. The minimum atomic E-state index is -3.37. The summed E-state index contributed by atoms with van der Waals surface area (Å²) >= 11 is 3.39. The number of benzene rings is 1. The summed E-state index contributed by atoms with van der Waals surface area (Å²) in [4.78, 5) is 17.2. The zero-order valence-corrected chi connectivity index (χ0v) is 19.3. The quantitative estimate of drug-likeness (QED) is 0.604. The Balaban J connectivity index is 1.65. The maximum absolute atomic E-state index is 13.1. The average Bonchev–Trinajstić information content (AvgIpc) is 2.75. The lowest BCUT2D eigenvalue weighted by atomic mass is 10.1. The minimum absolute atomic E-state index is 0.0325. The Morgan fingerprint density at radius 1 is 1.00 bits per heavy atom. The molecule has 0 unspecified atom stereocenters. The van der Waals surface area contributed by atoms with Gasteiger partial charge in [0.25, 0.3) is 5.91 Å². The van der Waals surface area contributed by atoms with Crippen LogP contribution in [0.15, 0.2) is 28.7 Å². The number of nitrogens with zero attached hydrogens (tertiary/aromatic N) is 3. The molecule has 29 heavy (non-hydrogen) atoms. The zero-order chi connectivity index (χ0) is 20.7. The number of carbonyl (C=O) groups is 1. The van der Waals surface area contributed by atoms with Crippen LogP contribution < -0.4 is 5.32 Å². The Morgan fingerprint density at radius 3 is 2.31 bits per heavy atom. The normalized spacial score (nSPS) is 19.2. The van der Waals surface area contributed by atoms with Crippen molar-refractivity contribution in [3.05, 3.63) is 34.3 Å². The highest BCUT2D eigenvalue weighted by molar-refractivity contribution is 9.10. The first-order valence-corrected chi connectivity index (χ1v) is 12.8. The number of piperazine rings is 1. The second-order valence-electron chi connectivity index (χ2n) is 7.67. The number of hydrogen-bond donors (Lipinski definition) is 1. The Hall–Kier alpha value is -1.00. The summed E-state index contributed by atoms with van der Waals surface area (Å²) in [6.07, 6.45) is 3.65. The van der Waals surface area contributed by atoms with Crippen molar-refractivity contribution in [2.75, 3.05) is 64.7 Å². The highest BCUT2D eigenvalue weighted by atomic mass is 79.9. The molecule has 1 aromatic rings. The maximum Gasteiger partial charge on any atom is 0.253 e. The minimum Gasteiger partial charge on any atom is -0.336 e. The van der Waals surface area contributed by atoms with Crippen LogP contribution in [-0.4, -0.2) is 93.1 Å². The van der Waals surface area contributed by atoms with Crippen molar-refractivity contribution in [3.63, 3.8) is 0 Å². The smallest absolute Gasteiger partial charge is 0.253 e. The predicted octanol–water partition coefficient (Wildman–Crippen LogP) is 1.61. The third kappa shape index (κ3) is 6.75. The van der Waals surface area contributed by atoms with E-state index in [-0.39, 0.29) is 18.2 Å². The zero-order valence-electron chi connectivity index (χ0n) is 16.9. The van der Waals surface area contributed by atoms with Gasteiger partial charge in [0, 0.05) is 55.8 Å². The van der Waals surface area contributed by atoms with E-state index in [2.05, 4.69) is 26.1 Å². The van der Waals surface area contributed by atoms with Crippen LogP contribution >= 0.6 is 15.9 Å². The first kappa shape index (κ1) is 22.7. The fourth-order valence-corrected chi connectivity index (χ4v) is 5.52. The molecule has 0 saturated carbocycles. The average molecular weight is 487 g/mol. The van der Waals surface area contributed by atoms with Crippen molar-refractivity contribution >= 4 is 31.9 Å². The molecule has 2 fully saturated rings. The van der Waals surface area contributed by atoms with Gasteiger partial charge in [-0.05, 0) is 50.2 Å². The molecule has 2 aliphatic rings. The second kappa shape index (κ2) is 10.9. The maximum atomic E-state index is 13.1. The fourth-order valence-electron chi connectivity index (χ4n) is 3.81. The monoisotopic (exact) mass is 486 g/mol. The Bertz CT molecular complexity index is 760. The van der Waals surface area contributed by atoms with E-state index in [0.717, 1.165) is 24.1 Å². The van der Waals surface area contributed by atoms with Crippen LogP contribution in [-0.2, 0) is 10.0 Å². The number of sulfonamides is 1. The molecule has 1 N–H and O–H groups in total. The van der Waals surface area contributed by atoms with E-state index in [1.54, 1.807) is 17.0 Å². The summed E-state index contributed by atoms with van der Waals surface area (Å²) in [6.45, 7) is 6.01. The molecule has 0 atom stereocenters. The lowest BCUT2D eigenvalue weighted by Crippen LogP contribution is -2.49. The van der Waals surface area contributed by atoms with Crippen LogP contribution in [0.4, 0.5) is 0 Å². The van der Waals surface area contributed by atoms with Gasteiger partial charge in [0.1, 0.15) is 0 Å². The molecule has 0 bridgehead atoms. The van der Waals surface area contributed by atoms with Crippen molar-refractivity contribution in [1.29, 1.82) is 0 Å². The van der Waals surface area contributed by atoms with E-state index in [9.17, 15) is 13.2 Å². The van der Waals surface area contributed by atoms with Gasteiger partial charge in [-0.3, -0.25) is 4.79 Å². The summed E-state index contributed by atoms with van der Waals surface area (Å²) < 4.78 is 27.9. The molecule has 0 aliphatic carbocycles. The number of likely N-dealkylation sites (tertiary alicyclic amines) is 1. The number of hydrogen-bond acceptors (Lipinski definition) is 5. The van der Waals surface area contributed by atoms with Crippen LogP contribution in [0.1, 0.15) is 29.6 Å². The molecule has 7 nitrogen and oxygen atoms in total. The van der Waals surface area contributed by atoms with Crippen LogP contribution in [0.2, 0.25) is 0 Å². The van der Waals surface area contributed by atoms with Gasteiger partial charge in [0.05, 0.1) is 5.75 Å². The SMILES string of the molecule is O=C(c1ccc(Br)cc1)N(CCN1CCCCC1)CCS(=O)(=O)N1CCNCC1. The molecule has 0 radical (unpaired) electrons. The van der Waals surface area contributed by atoms with Crippen molar-refractivity contribution < 1.29 is 13.2 Å². The Labute approximate surface area is 182 Å². The molecule has 1 amide bonds. The van der Waals surface area contributed by atoms with Gasteiger partial charge in [-0.25, -0.2) is 8.42 Å². The number of amides is 1. The van der Waals surface area contributed by atoms with Gasteiger partial charge >= 0.3 is 0 Å². The van der Waals surface area contributed by atoms with Crippen LogP contribution in [0, 0.1) is 0 Å². The van der Waals surface area contributed by atoms with E-state index >= 15 is 0 Å². The molecule has 2 aliphatic heterocycles. The number of rotatable bonds is 8. The largest absolute Gasteiger partial charge is 0.336 e. The van der Waals surface area contributed by atoms with E-state index in [4.69, 9.17) is 0 Å². The molecular weight excluding hydrogens is 456 g/mol. The number of nitrogens with one attached hydrogen (secondary N) is 1. The molecule has 2 heterocycles. The van der Waals surface area contributed by atoms with Crippen LogP contribution in [0.25, 0.3) is 0 Å². The van der Waals surface area contributed by atoms with Gasteiger partial charge in [-0.2, -0.15) is 4.31 Å². The van der Waals surface area contributed by atoms with Gasteiger partial charge in [-0.15, -0.1) is 0 Å². The van der Waals surface area contributed by atoms with Crippen molar-refractivity contribution in [1.82, 2.24) is 19.4 Å². The van der Waals surface area contributed by atoms with Gasteiger partial charge in [0.2, 0.25) is 10.0 Å². The highest BCUT2D eigenvalue weighted by Crippen LogP contribution is 2.14. The summed E-state index contributed by atoms with van der Waals surface area (Å²) in [5, 5.41) is 3.17. The molecule has 162 valence electrons. The van der Waals surface area contributed by atoms with E-state index in [1.807, 2.05) is 12.1 Å². The first-order valence-electron chi connectivity index (χ1n) is 10.4. The van der Waals surface area contributed by atoms with E-state index in [0.29, 0.717) is 38.3 Å². The summed E-state index contributed by atoms with van der Waals surface area (Å²) in [6, 6.07) is 7.25. The highest BCUT2D eigenvalue weighted by Gasteiger charge is 2.26. The summed E-state index contributed by atoms with van der Waals surface area (Å²) in [7, 11) is -3.37. The molecule has 3 rings (SSSR count). The second-order valence-corrected chi connectivity index (χ2v) is 10.7. The number of piperidine rings is 1. The summed E-state index contributed by atoms with van der Waals surface area (Å²) in [5.41, 5.74) is 0.589. The Kier molecular flexibility index (Phi) is 8.49. The van der Waals surface area contributed by atoms with E-state index in [1.165, 1.54) is 23.6 Å². The molecule has 1 aromatic carbocycles. The third-order valence-corrected chi connectivity index (χ3v) is 7.98. The van der Waals surface area contributed by atoms with Crippen LogP contribution in [0.5, 0.6) is 0 Å². The first-order chi connectivity index (χ1) is 14.0. The summed E-state index contributed by atoms with van der Waals surface area (Å²) in [5.74, 6) is -0.139. The topological polar surface area (TPSA) is 73.0 Å². The predicted molar refractivity (Wildman–Crippen MR) is 119 cm³/mol. The van der Waals surface area contributed by atoms with Gasteiger partial charge in [-0.1, -0.05) is 22.4 Å². The molecule has 0 spiro atoms. The molecule has 9 heteroatoms.